The molecule has 0 saturated heterocycles. The van der Waals surface area contributed by atoms with Crippen LogP contribution in [0.5, 0.6) is 5.75 Å². The molecule has 0 fully saturated rings. The largest absolute Gasteiger partial charge is 0.490 e. The molecule has 0 radical (unpaired) electrons. The zero-order valence-corrected chi connectivity index (χ0v) is 22.1. The topological polar surface area (TPSA) is 123 Å². The Kier molecular flexibility index (Phi) is 11.7. The van der Waals surface area contributed by atoms with Crippen molar-refractivity contribution in [2.45, 2.75) is 11.3 Å². The van der Waals surface area contributed by atoms with Gasteiger partial charge >= 0.3 is 6.03 Å². The Morgan fingerprint density at radius 2 is 1.89 bits per heavy atom. The summed E-state index contributed by atoms with van der Waals surface area (Å²) in [7, 11) is -2.73. The molecule has 35 heavy (non-hydrogen) atoms. The number of hydrogen-bond acceptors (Lipinski definition) is 7. The van der Waals surface area contributed by atoms with E-state index in [0.717, 1.165) is 11.9 Å². The van der Waals surface area contributed by atoms with Crippen LogP contribution in [0.3, 0.4) is 0 Å². The maximum Gasteiger partial charge on any atom is 0.338 e. The first-order valence-corrected chi connectivity index (χ1v) is 13.6. The first-order valence-electron chi connectivity index (χ1n) is 10.2. The third-order valence-electron chi connectivity index (χ3n) is 4.35. The second-order valence-corrected chi connectivity index (χ2v) is 10.0. The van der Waals surface area contributed by atoms with Crippen LogP contribution >= 0.6 is 35.1 Å². The number of hydrogen-bond donors (Lipinski definition) is 3. The van der Waals surface area contributed by atoms with E-state index >= 15 is 0 Å². The average Bonchev–Trinajstić information content (AvgIpc) is 2.79. The summed E-state index contributed by atoms with van der Waals surface area (Å²) in [5.41, 5.74) is 1.25. The van der Waals surface area contributed by atoms with Gasteiger partial charge in [0.25, 0.3) is 10.0 Å². The second-order valence-electron chi connectivity index (χ2n) is 6.90. The number of urea groups is 1. The molecule has 0 unspecified atom stereocenters. The molecule has 0 heterocycles. The number of carbonyl (C=O) groups is 2. The minimum absolute atomic E-state index is 0.0714. The summed E-state index contributed by atoms with van der Waals surface area (Å²) >= 11 is 12.9. The lowest BCUT2D eigenvalue weighted by molar-refractivity contribution is -0.116. The Morgan fingerprint density at radius 3 is 2.57 bits per heavy atom. The van der Waals surface area contributed by atoms with Gasteiger partial charge in [-0.2, -0.15) is 0 Å². The number of methoxy groups -OCH3 is 1. The van der Waals surface area contributed by atoms with Gasteiger partial charge in [-0.15, -0.1) is 0 Å². The highest BCUT2D eigenvalue weighted by Crippen LogP contribution is 2.26. The van der Waals surface area contributed by atoms with E-state index in [1.54, 1.807) is 36.6 Å². The fourth-order valence-corrected chi connectivity index (χ4v) is 4.63. The van der Waals surface area contributed by atoms with Crippen molar-refractivity contribution in [3.8, 4) is 5.75 Å². The summed E-state index contributed by atoms with van der Waals surface area (Å²) in [4.78, 5) is 23.7. The number of rotatable bonds is 12. The van der Waals surface area contributed by atoms with Gasteiger partial charge in [0.2, 0.25) is 5.91 Å². The summed E-state index contributed by atoms with van der Waals surface area (Å²) in [5, 5.41) is 3.63. The van der Waals surface area contributed by atoms with Crippen molar-refractivity contribution in [2.75, 3.05) is 33.1 Å². The Bertz CT molecular complexity index is 1180. The number of amides is 3. The fourth-order valence-electron chi connectivity index (χ4n) is 2.75. The highest BCUT2D eigenvalue weighted by atomic mass is 35.5. The smallest absolute Gasteiger partial charge is 0.338 e. The van der Waals surface area contributed by atoms with Gasteiger partial charge in [-0.3, -0.25) is 9.52 Å². The van der Waals surface area contributed by atoms with Crippen molar-refractivity contribution in [1.82, 2.24) is 14.8 Å². The highest BCUT2D eigenvalue weighted by Gasteiger charge is 2.23. The Balaban J connectivity index is 2.08. The van der Waals surface area contributed by atoms with Gasteiger partial charge in [-0.05, 0) is 47.9 Å². The monoisotopic (exact) mass is 561 g/mol. The van der Waals surface area contributed by atoms with E-state index < -0.39 is 16.1 Å². The second kappa shape index (κ2) is 14.2. The predicted octanol–water partition coefficient (Wildman–Crippen LogP) is 3.66. The third-order valence-corrected chi connectivity index (χ3v) is 6.66. The van der Waals surface area contributed by atoms with E-state index in [9.17, 15) is 18.0 Å². The van der Waals surface area contributed by atoms with Gasteiger partial charge < -0.3 is 14.8 Å². The van der Waals surface area contributed by atoms with Crippen LogP contribution in [0.2, 0.25) is 10.0 Å². The van der Waals surface area contributed by atoms with E-state index in [0.29, 0.717) is 27.6 Å². The van der Waals surface area contributed by atoms with Gasteiger partial charge in [-0.1, -0.05) is 47.3 Å². The molecule has 0 atom stereocenters. The zero-order chi connectivity index (χ0) is 25.8. The van der Waals surface area contributed by atoms with Crippen molar-refractivity contribution in [3.05, 3.63) is 63.6 Å². The van der Waals surface area contributed by atoms with E-state index in [-0.39, 0.29) is 36.3 Å². The summed E-state index contributed by atoms with van der Waals surface area (Å²) in [6, 6.07) is 8.63. The van der Waals surface area contributed by atoms with Crippen LogP contribution < -0.4 is 19.5 Å². The van der Waals surface area contributed by atoms with Crippen LogP contribution in [-0.4, -0.2) is 53.5 Å². The van der Waals surface area contributed by atoms with Gasteiger partial charge in [0.1, 0.15) is 17.3 Å². The van der Waals surface area contributed by atoms with Crippen LogP contribution in [0.4, 0.5) is 4.79 Å². The summed E-state index contributed by atoms with van der Waals surface area (Å²) in [5.74, 6) is -0.277. The first-order chi connectivity index (χ1) is 16.7. The molecule has 190 valence electrons. The molecule has 0 aliphatic carbocycles. The Hall–Kier alpha value is -2.44. The van der Waals surface area contributed by atoms with Crippen molar-refractivity contribution in [1.29, 1.82) is 0 Å². The minimum atomic E-state index is -4.22. The number of sulfonamides is 1. The maximum absolute atomic E-state index is 12.8. The van der Waals surface area contributed by atoms with E-state index in [1.165, 1.54) is 25.3 Å². The standard InChI is InChI=1S/C22H25Cl2N3O6S2/c1-32-11-12-33-19-7-3-15(13-20(19)35(30,31)27-22(29)26-34-2)9-10-25-21(28)8-5-16-4-6-17(23)14-18(16)24/h3-8,13-14H,9-12H2,1-2H3,(H,25,28)(H2,26,27,29)/b8-5+. The van der Waals surface area contributed by atoms with Crippen molar-refractivity contribution in [3.63, 3.8) is 0 Å². The van der Waals surface area contributed by atoms with Gasteiger partial charge in [0.05, 0.1) is 6.61 Å². The van der Waals surface area contributed by atoms with Crippen LogP contribution in [0.15, 0.2) is 47.4 Å². The van der Waals surface area contributed by atoms with Gasteiger partial charge in [0, 0.05) is 36.0 Å². The third kappa shape index (κ3) is 9.61. The van der Waals surface area contributed by atoms with Gasteiger partial charge in [-0.25, -0.2) is 17.9 Å². The van der Waals surface area contributed by atoms with E-state index in [1.807, 2.05) is 4.72 Å². The SMILES string of the molecule is COCCOc1ccc(CCNC(=O)/C=C/c2ccc(Cl)cc2Cl)cc1S(=O)(=O)NC(=O)NSC. The molecule has 0 spiro atoms. The molecule has 13 heteroatoms. The quantitative estimate of drug-likeness (QED) is 0.205. The molecule has 0 aliphatic rings. The number of ether oxygens (including phenoxy) is 2. The van der Waals surface area contributed by atoms with Crippen LogP contribution in [-0.2, 0) is 26.0 Å². The number of halogens is 2. The highest BCUT2D eigenvalue weighted by molar-refractivity contribution is 7.97. The molecule has 0 aliphatic heterocycles. The van der Waals surface area contributed by atoms with Gasteiger partial charge in [0.15, 0.2) is 0 Å². The van der Waals surface area contributed by atoms with E-state index in [2.05, 4.69) is 10.0 Å². The molecule has 0 aromatic heterocycles. The summed E-state index contributed by atoms with van der Waals surface area (Å²) in [6.07, 6.45) is 4.82. The van der Waals surface area contributed by atoms with Crippen LogP contribution in [0.1, 0.15) is 11.1 Å². The molecular formula is C22H25Cl2N3O6S2. The summed E-state index contributed by atoms with van der Waals surface area (Å²) in [6.45, 7) is 0.610. The fraction of sp³-hybridized carbons (Fsp3) is 0.273. The lowest BCUT2D eigenvalue weighted by Crippen LogP contribution is -2.36. The first kappa shape index (κ1) is 28.8. The normalized spacial score (nSPS) is 11.3. The summed E-state index contributed by atoms with van der Waals surface area (Å²) < 4.78 is 40.2. The molecule has 9 nitrogen and oxygen atoms in total. The van der Waals surface area contributed by atoms with Crippen molar-refractivity contribution in [2.24, 2.45) is 0 Å². The molecule has 3 amide bonds. The number of nitrogens with one attached hydrogen (secondary N) is 3. The number of benzene rings is 2. The average molecular weight is 562 g/mol. The maximum atomic E-state index is 12.8. The Morgan fingerprint density at radius 1 is 1.11 bits per heavy atom. The van der Waals surface area contributed by atoms with Crippen molar-refractivity contribution >= 4 is 63.2 Å². The lowest BCUT2D eigenvalue weighted by Gasteiger charge is -2.14. The molecule has 2 aromatic carbocycles. The molecule has 3 N–H and O–H groups in total. The van der Waals surface area contributed by atoms with E-state index in [4.69, 9.17) is 32.7 Å². The number of carbonyl (C=O) groups excluding carboxylic acids is 2. The van der Waals surface area contributed by atoms with Crippen LogP contribution in [0.25, 0.3) is 6.08 Å². The molecule has 2 rings (SSSR count). The van der Waals surface area contributed by atoms with Crippen molar-refractivity contribution < 1.29 is 27.5 Å². The Labute approximate surface area is 218 Å². The molecule has 0 bridgehead atoms. The predicted molar refractivity (Wildman–Crippen MR) is 138 cm³/mol. The molecular weight excluding hydrogens is 537 g/mol. The lowest BCUT2D eigenvalue weighted by atomic mass is 10.1. The molecule has 0 saturated carbocycles. The minimum Gasteiger partial charge on any atom is -0.490 e. The van der Waals surface area contributed by atoms with Crippen LogP contribution in [0, 0.1) is 0 Å². The zero-order valence-electron chi connectivity index (χ0n) is 19.0. The molecule has 2 aromatic rings.